The number of primary amides is 1. The minimum absolute atomic E-state index is 0.0352. The second-order valence-electron chi connectivity index (χ2n) is 6.72. The first-order chi connectivity index (χ1) is 14.4. The van der Waals surface area contributed by atoms with E-state index in [9.17, 15) is 14.9 Å². The van der Waals surface area contributed by atoms with E-state index < -0.39 is 16.9 Å². The SMILES string of the molecule is CC1=C(C(N)=O)C(c2ccc([N+](=O)[O-])cc2)n2nc(SCc3ccccc3)nc2N1. The van der Waals surface area contributed by atoms with Crippen LogP contribution in [0.2, 0.25) is 0 Å². The molecule has 1 aliphatic heterocycles. The van der Waals surface area contributed by atoms with Crippen LogP contribution in [-0.4, -0.2) is 25.6 Å². The molecule has 0 radical (unpaired) electrons. The second-order valence-corrected chi connectivity index (χ2v) is 7.66. The Morgan fingerprint density at radius 1 is 1.23 bits per heavy atom. The van der Waals surface area contributed by atoms with Crippen LogP contribution in [0.4, 0.5) is 11.6 Å². The number of hydrogen-bond donors (Lipinski definition) is 2. The first-order valence-electron chi connectivity index (χ1n) is 9.09. The van der Waals surface area contributed by atoms with E-state index in [1.165, 1.54) is 23.9 Å². The predicted octanol–water partition coefficient (Wildman–Crippen LogP) is 3.25. The molecule has 10 heteroatoms. The molecule has 0 aliphatic carbocycles. The van der Waals surface area contributed by atoms with E-state index in [1.807, 2.05) is 30.3 Å². The zero-order valence-electron chi connectivity index (χ0n) is 16.0. The lowest BCUT2D eigenvalue weighted by molar-refractivity contribution is -0.384. The number of carbonyl (C=O) groups excluding carboxylic acids is 1. The van der Waals surface area contributed by atoms with Crippen molar-refractivity contribution in [1.29, 1.82) is 0 Å². The highest BCUT2D eigenvalue weighted by Crippen LogP contribution is 2.36. The van der Waals surface area contributed by atoms with Crippen LogP contribution in [-0.2, 0) is 10.5 Å². The van der Waals surface area contributed by atoms with E-state index in [2.05, 4.69) is 15.4 Å². The number of nitro benzene ring substituents is 1. The van der Waals surface area contributed by atoms with Crippen molar-refractivity contribution in [2.75, 3.05) is 5.32 Å². The van der Waals surface area contributed by atoms with Crippen molar-refractivity contribution in [3.63, 3.8) is 0 Å². The van der Waals surface area contributed by atoms with Crippen LogP contribution in [0.5, 0.6) is 0 Å². The molecule has 1 aliphatic rings. The average Bonchev–Trinajstić information content (AvgIpc) is 3.14. The molecule has 152 valence electrons. The summed E-state index contributed by atoms with van der Waals surface area (Å²) < 4.78 is 1.60. The second kappa shape index (κ2) is 7.99. The molecule has 4 rings (SSSR count). The third-order valence-electron chi connectivity index (χ3n) is 4.73. The molecule has 0 saturated carbocycles. The van der Waals surface area contributed by atoms with Gasteiger partial charge in [-0.05, 0) is 30.2 Å². The van der Waals surface area contributed by atoms with Crippen LogP contribution in [0.3, 0.4) is 0 Å². The molecule has 1 unspecified atom stereocenters. The van der Waals surface area contributed by atoms with Gasteiger partial charge in [-0.15, -0.1) is 5.10 Å². The van der Waals surface area contributed by atoms with Gasteiger partial charge in [-0.3, -0.25) is 14.9 Å². The minimum Gasteiger partial charge on any atom is -0.366 e. The van der Waals surface area contributed by atoms with Gasteiger partial charge in [-0.25, -0.2) is 4.68 Å². The predicted molar refractivity (Wildman–Crippen MR) is 113 cm³/mol. The molecule has 9 nitrogen and oxygen atoms in total. The van der Waals surface area contributed by atoms with Crippen LogP contribution in [0.25, 0.3) is 0 Å². The summed E-state index contributed by atoms with van der Waals surface area (Å²) >= 11 is 1.47. The summed E-state index contributed by atoms with van der Waals surface area (Å²) in [6.45, 7) is 1.74. The Morgan fingerprint density at radius 2 is 1.93 bits per heavy atom. The van der Waals surface area contributed by atoms with E-state index in [0.717, 1.165) is 5.56 Å². The number of rotatable bonds is 6. The van der Waals surface area contributed by atoms with Gasteiger partial charge in [0.2, 0.25) is 17.0 Å². The van der Waals surface area contributed by atoms with Crippen molar-refractivity contribution in [2.45, 2.75) is 23.9 Å². The number of thioether (sulfide) groups is 1. The molecule has 1 aromatic heterocycles. The van der Waals surface area contributed by atoms with Gasteiger partial charge in [-0.1, -0.05) is 42.1 Å². The number of nitrogens with one attached hydrogen (secondary N) is 1. The van der Waals surface area contributed by atoms with Gasteiger partial charge in [-0.2, -0.15) is 4.98 Å². The maximum absolute atomic E-state index is 12.2. The maximum atomic E-state index is 12.2. The number of nitrogens with zero attached hydrogens (tertiary/aromatic N) is 4. The summed E-state index contributed by atoms with van der Waals surface area (Å²) in [5.41, 5.74) is 8.32. The number of hydrogen-bond acceptors (Lipinski definition) is 7. The topological polar surface area (TPSA) is 129 Å². The number of nitro groups is 1. The van der Waals surface area contributed by atoms with E-state index >= 15 is 0 Å². The Kier molecular flexibility index (Phi) is 5.23. The Hall–Kier alpha value is -3.66. The third kappa shape index (κ3) is 3.77. The number of benzene rings is 2. The largest absolute Gasteiger partial charge is 0.366 e. The first-order valence-corrected chi connectivity index (χ1v) is 10.1. The maximum Gasteiger partial charge on any atom is 0.269 e. The van der Waals surface area contributed by atoms with Gasteiger partial charge in [0.15, 0.2) is 0 Å². The lowest BCUT2D eigenvalue weighted by Crippen LogP contribution is -2.31. The molecular formula is C20H18N6O3S. The number of fused-ring (bicyclic) bond motifs is 1. The summed E-state index contributed by atoms with van der Waals surface area (Å²) in [6.07, 6.45) is 0. The first kappa shape index (κ1) is 19.6. The van der Waals surface area contributed by atoms with Gasteiger partial charge in [0, 0.05) is 23.6 Å². The fourth-order valence-corrected chi connectivity index (χ4v) is 4.11. The summed E-state index contributed by atoms with van der Waals surface area (Å²) in [7, 11) is 0. The van der Waals surface area contributed by atoms with Crippen LogP contribution >= 0.6 is 11.8 Å². The highest BCUT2D eigenvalue weighted by molar-refractivity contribution is 7.98. The quantitative estimate of drug-likeness (QED) is 0.354. The number of amides is 1. The van der Waals surface area contributed by atoms with Crippen LogP contribution < -0.4 is 11.1 Å². The van der Waals surface area contributed by atoms with Gasteiger partial charge < -0.3 is 11.1 Å². The fraction of sp³-hybridized carbons (Fsp3) is 0.150. The number of non-ortho nitro benzene ring substituents is 1. The van der Waals surface area contributed by atoms with Crippen molar-refractivity contribution >= 4 is 29.3 Å². The number of aromatic nitrogens is 3. The van der Waals surface area contributed by atoms with Crippen LogP contribution in [0.1, 0.15) is 24.1 Å². The van der Waals surface area contributed by atoms with Gasteiger partial charge in [0.25, 0.3) is 5.69 Å². The number of allylic oxidation sites excluding steroid dienone is 1. The molecule has 0 fully saturated rings. The molecule has 2 aromatic carbocycles. The average molecular weight is 422 g/mol. The number of anilines is 1. The highest BCUT2D eigenvalue weighted by Gasteiger charge is 2.33. The Bertz CT molecular complexity index is 1140. The zero-order valence-corrected chi connectivity index (χ0v) is 16.8. The fourth-order valence-electron chi connectivity index (χ4n) is 3.32. The van der Waals surface area contributed by atoms with Gasteiger partial charge in [0.05, 0.1) is 10.5 Å². The monoisotopic (exact) mass is 422 g/mol. The molecular weight excluding hydrogens is 404 g/mol. The summed E-state index contributed by atoms with van der Waals surface area (Å²) in [4.78, 5) is 27.3. The standard InChI is InChI=1S/C20H18N6O3S/c1-12-16(18(21)27)17(14-7-9-15(10-8-14)26(28)29)25-19(22-12)23-20(24-25)30-11-13-5-3-2-4-6-13/h2-10,17H,11H2,1H3,(H2,21,27)(H,22,23,24). The number of carbonyl (C=O) groups is 1. The summed E-state index contributed by atoms with van der Waals surface area (Å²) in [6, 6.07) is 15.3. The molecule has 3 N–H and O–H groups in total. The van der Waals surface area contributed by atoms with Crippen LogP contribution in [0.15, 0.2) is 71.0 Å². The van der Waals surface area contributed by atoms with Gasteiger partial charge in [0.1, 0.15) is 6.04 Å². The van der Waals surface area contributed by atoms with Gasteiger partial charge >= 0.3 is 0 Å². The van der Waals surface area contributed by atoms with Crippen molar-refractivity contribution < 1.29 is 9.72 Å². The van der Waals surface area contributed by atoms with Crippen LogP contribution in [0, 0.1) is 10.1 Å². The molecule has 30 heavy (non-hydrogen) atoms. The lowest BCUT2D eigenvalue weighted by Gasteiger charge is -2.27. The lowest BCUT2D eigenvalue weighted by atomic mass is 9.95. The molecule has 0 bridgehead atoms. The summed E-state index contributed by atoms with van der Waals surface area (Å²) in [5.74, 6) is 0.584. The molecule has 3 aromatic rings. The Balaban J connectivity index is 1.70. The van der Waals surface area contributed by atoms with E-state index in [4.69, 9.17) is 5.73 Å². The molecule has 0 spiro atoms. The van der Waals surface area contributed by atoms with E-state index in [-0.39, 0.29) is 5.69 Å². The summed E-state index contributed by atoms with van der Waals surface area (Å²) in [5, 5.41) is 19.2. The normalized spacial score (nSPS) is 15.4. The highest BCUT2D eigenvalue weighted by atomic mass is 32.2. The molecule has 1 amide bonds. The third-order valence-corrected chi connectivity index (χ3v) is 5.64. The molecule has 2 heterocycles. The van der Waals surface area contributed by atoms with E-state index in [0.29, 0.717) is 33.7 Å². The Labute approximate surface area is 176 Å². The zero-order chi connectivity index (χ0) is 21.3. The van der Waals surface area contributed by atoms with Crippen molar-refractivity contribution in [3.05, 3.63) is 87.1 Å². The van der Waals surface area contributed by atoms with E-state index in [1.54, 1.807) is 23.7 Å². The van der Waals surface area contributed by atoms with Crippen molar-refractivity contribution in [1.82, 2.24) is 14.8 Å². The van der Waals surface area contributed by atoms with Crippen molar-refractivity contribution in [3.8, 4) is 0 Å². The molecule has 0 saturated heterocycles. The Morgan fingerprint density at radius 3 is 2.57 bits per heavy atom. The smallest absolute Gasteiger partial charge is 0.269 e. The molecule has 1 atom stereocenters. The number of nitrogens with two attached hydrogens (primary N) is 1. The minimum atomic E-state index is -0.627. The van der Waals surface area contributed by atoms with Crippen molar-refractivity contribution in [2.24, 2.45) is 5.73 Å².